The van der Waals surface area contributed by atoms with E-state index in [4.69, 9.17) is 9.47 Å². The Kier molecular flexibility index (Phi) is 6.37. The third-order valence-electron chi connectivity index (χ3n) is 3.59. The summed E-state index contributed by atoms with van der Waals surface area (Å²) in [6, 6.07) is 16.4. The van der Waals surface area contributed by atoms with E-state index in [2.05, 4.69) is 5.32 Å². The van der Waals surface area contributed by atoms with Gasteiger partial charge in [-0.15, -0.1) is 0 Å². The van der Waals surface area contributed by atoms with Gasteiger partial charge in [-0.3, -0.25) is 9.59 Å². The quantitative estimate of drug-likeness (QED) is 0.792. The zero-order chi connectivity index (χ0) is 17.4. The zero-order valence-electron chi connectivity index (χ0n) is 13.8. The van der Waals surface area contributed by atoms with E-state index < -0.39 is 5.97 Å². The fraction of sp³-hybridized carbons (Fsp3) is 0.263. The topological polar surface area (TPSA) is 64.6 Å². The average molecular weight is 327 g/mol. The van der Waals surface area contributed by atoms with Gasteiger partial charge in [0.15, 0.2) is 6.61 Å². The molecule has 0 fully saturated rings. The molecule has 0 aliphatic heterocycles. The largest absolute Gasteiger partial charge is 0.497 e. The summed E-state index contributed by atoms with van der Waals surface area (Å²) in [5.74, 6) is -0.514. The molecule has 0 aliphatic rings. The summed E-state index contributed by atoms with van der Waals surface area (Å²) in [5, 5.41) is 2.67. The van der Waals surface area contributed by atoms with Crippen molar-refractivity contribution in [2.75, 3.05) is 19.0 Å². The van der Waals surface area contributed by atoms with E-state index in [0.29, 0.717) is 17.9 Å². The molecule has 5 nitrogen and oxygen atoms in total. The van der Waals surface area contributed by atoms with Crippen LogP contribution in [0.5, 0.6) is 5.75 Å². The number of hydrogen-bond donors (Lipinski definition) is 1. The maximum Gasteiger partial charge on any atom is 0.313 e. The van der Waals surface area contributed by atoms with Crippen molar-refractivity contribution in [3.05, 3.63) is 60.2 Å². The summed E-state index contributed by atoms with van der Waals surface area (Å²) in [5.41, 5.74) is 1.48. The molecule has 0 saturated heterocycles. The lowest BCUT2D eigenvalue weighted by Gasteiger charge is -2.14. The van der Waals surface area contributed by atoms with Gasteiger partial charge in [-0.2, -0.15) is 0 Å². The van der Waals surface area contributed by atoms with Gasteiger partial charge in [-0.25, -0.2) is 0 Å². The van der Waals surface area contributed by atoms with Gasteiger partial charge in [-0.05, 0) is 24.1 Å². The van der Waals surface area contributed by atoms with E-state index in [0.717, 1.165) is 5.56 Å². The molecule has 0 radical (unpaired) electrons. The Labute approximate surface area is 141 Å². The molecule has 0 aromatic heterocycles. The van der Waals surface area contributed by atoms with Crippen molar-refractivity contribution in [3.8, 4) is 5.75 Å². The number of nitrogens with one attached hydrogen (secondary N) is 1. The van der Waals surface area contributed by atoms with Crippen molar-refractivity contribution in [1.29, 1.82) is 0 Å². The third-order valence-corrected chi connectivity index (χ3v) is 3.59. The van der Waals surface area contributed by atoms with Crippen LogP contribution >= 0.6 is 0 Å². The van der Waals surface area contributed by atoms with Gasteiger partial charge in [-0.1, -0.05) is 43.3 Å². The highest BCUT2D eigenvalue weighted by Crippen LogP contribution is 2.21. The molecule has 126 valence electrons. The van der Waals surface area contributed by atoms with Crippen LogP contribution in [0, 0.1) is 0 Å². The fourth-order valence-electron chi connectivity index (χ4n) is 2.36. The highest BCUT2D eigenvalue weighted by molar-refractivity contribution is 5.93. The van der Waals surface area contributed by atoms with Gasteiger partial charge in [0.05, 0.1) is 13.0 Å². The van der Waals surface area contributed by atoms with Gasteiger partial charge >= 0.3 is 5.97 Å². The molecule has 0 saturated carbocycles. The first-order valence-corrected chi connectivity index (χ1v) is 7.79. The number of rotatable bonds is 7. The smallest absolute Gasteiger partial charge is 0.313 e. The number of carbonyl (C=O) groups excluding carboxylic acids is 2. The highest BCUT2D eigenvalue weighted by atomic mass is 16.5. The first kappa shape index (κ1) is 17.5. The minimum atomic E-state index is -0.399. The number of carbonyl (C=O) groups is 2. The summed E-state index contributed by atoms with van der Waals surface area (Å²) in [6.45, 7) is 1.59. The Morgan fingerprint density at radius 1 is 1.08 bits per heavy atom. The SMILES string of the molecule is CC[C@@H](C(=O)OCC(=O)Nc1cccc(OC)c1)c1ccccc1. The molecule has 0 unspecified atom stereocenters. The Balaban J connectivity index is 1.89. The Bertz CT molecular complexity index is 685. The maximum atomic E-state index is 12.2. The van der Waals surface area contributed by atoms with Gasteiger partial charge < -0.3 is 14.8 Å². The average Bonchev–Trinajstić information content (AvgIpc) is 2.61. The van der Waals surface area contributed by atoms with Crippen LogP contribution < -0.4 is 10.1 Å². The Morgan fingerprint density at radius 2 is 1.83 bits per heavy atom. The van der Waals surface area contributed by atoms with Crippen molar-refractivity contribution in [1.82, 2.24) is 0 Å². The normalized spacial score (nSPS) is 11.4. The van der Waals surface area contributed by atoms with E-state index >= 15 is 0 Å². The van der Waals surface area contributed by atoms with Crippen LogP contribution in [0.2, 0.25) is 0 Å². The van der Waals surface area contributed by atoms with Crippen LogP contribution in [0.15, 0.2) is 54.6 Å². The van der Waals surface area contributed by atoms with Gasteiger partial charge in [0.1, 0.15) is 5.75 Å². The van der Waals surface area contributed by atoms with Crippen molar-refractivity contribution < 1.29 is 19.1 Å². The van der Waals surface area contributed by atoms with Crippen molar-refractivity contribution in [2.24, 2.45) is 0 Å². The molecule has 0 spiro atoms. The van der Waals surface area contributed by atoms with E-state index in [9.17, 15) is 9.59 Å². The van der Waals surface area contributed by atoms with Crippen molar-refractivity contribution in [2.45, 2.75) is 19.3 Å². The summed E-state index contributed by atoms with van der Waals surface area (Å²) in [4.78, 5) is 24.1. The second kappa shape index (κ2) is 8.72. The fourth-order valence-corrected chi connectivity index (χ4v) is 2.36. The summed E-state index contributed by atoms with van der Waals surface area (Å²) >= 11 is 0. The van der Waals surface area contributed by atoms with Gasteiger partial charge in [0.25, 0.3) is 5.91 Å². The number of amides is 1. The lowest BCUT2D eigenvalue weighted by molar-refractivity contribution is -0.149. The van der Waals surface area contributed by atoms with Crippen LogP contribution in [0.3, 0.4) is 0 Å². The molecule has 0 aliphatic carbocycles. The molecular weight excluding hydrogens is 306 g/mol. The van der Waals surface area contributed by atoms with Crippen LogP contribution in [-0.2, 0) is 14.3 Å². The second-order valence-electron chi connectivity index (χ2n) is 5.26. The molecular formula is C19H21NO4. The number of anilines is 1. The van der Waals surface area contributed by atoms with E-state index in [-0.39, 0.29) is 18.4 Å². The molecule has 0 heterocycles. The number of benzene rings is 2. The first-order chi connectivity index (χ1) is 11.6. The van der Waals surface area contributed by atoms with Gasteiger partial charge in [0.2, 0.25) is 0 Å². The molecule has 5 heteroatoms. The monoisotopic (exact) mass is 327 g/mol. The molecule has 2 aromatic carbocycles. The molecule has 1 atom stereocenters. The number of esters is 1. The highest BCUT2D eigenvalue weighted by Gasteiger charge is 2.20. The molecule has 2 aromatic rings. The minimum Gasteiger partial charge on any atom is -0.497 e. The molecule has 2 rings (SSSR count). The van der Waals surface area contributed by atoms with E-state index in [1.807, 2.05) is 37.3 Å². The molecule has 0 bridgehead atoms. The van der Waals surface area contributed by atoms with Gasteiger partial charge in [0, 0.05) is 11.8 Å². The lowest BCUT2D eigenvalue weighted by atomic mass is 9.97. The molecule has 1 amide bonds. The van der Waals surface area contributed by atoms with Crippen LogP contribution in [-0.4, -0.2) is 25.6 Å². The predicted molar refractivity (Wildman–Crippen MR) is 92.1 cm³/mol. The lowest BCUT2D eigenvalue weighted by Crippen LogP contribution is -2.23. The first-order valence-electron chi connectivity index (χ1n) is 7.79. The minimum absolute atomic E-state index is 0.320. The van der Waals surface area contributed by atoms with Crippen LogP contribution in [0.4, 0.5) is 5.69 Å². The summed E-state index contributed by atoms with van der Waals surface area (Å²) in [6.07, 6.45) is 0.611. The number of methoxy groups -OCH3 is 1. The Morgan fingerprint density at radius 3 is 2.50 bits per heavy atom. The standard InChI is InChI=1S/C19H21NO4/c1-3-17(14-8-5-4-6-9-14)19(22)24-13-18(21)20-15-10-7-11-16(12-15)23-2/h4-12,17H,3,13H2,1-2H3,(H,20,21)/t17-/m1/s1. The maximum absolute atomic E-state index is 12.2. The van der Waals surface area contributed by atoms with Crippen LogP contribution in [0.1, 0.15) is 24.8 Å². The Hall–Kier alpha value is -2.82. The third kappa shape index (κ3) is 4.84. The second-order valence-corrected chi connectivity index (χ2v) is 5.26. The molecule has 1 N–H and O–H groups in total. The molecule has 24 heavy (non-hydrogen) atoms. The summed E-state index contributed by atoms with van der Waals surface area (Å²) < 4.78 is 10.3. The van der Waals surface area contributed by atoms with E-state index in [1.165, 1.54) is 0 Å². The van der Waals surface area contributed by atoms with E-state index in [1.54, 1.807) is 31.4 Å². The number of hydrogen-bond acceptors (Lipinski definition) is 4. The van der Waals surface area contributed by atoms with Crippen molar-refractivity contribution >= 4 is 17.6 Å². The number of ether oxygens (including phenoxy) is 2. The van der Waals surface area contributed by atoms with Crippen molar-refractivity contribution in [3.63, 3.8) is 0 Å². The zero-order valence-corrected chi connectivity index (χ0v) is 13.8. The van der Waals surface area contributed by atoms with Crippen LogP contribution in [0.25, 0.3) is 0 Å². The summed E-state index contributed by atoms with van der Waals surface area (Å²) in [7, 11) is 1.55. The predicted octanol–water partition coefficient (Wildman–Crippen LogP) is 3.37.